The molecule has 5 nitrogen and oxygen atoms in total. The Hall–Kier alpha value is -1.75. The first kappa shape index (κ1) is 13.3. The van der Waals surface area contributed by atoms with Crippen molar-refractivity contribution in [3.05, 3.63) is 28.8 Å². The Kier molecular flexibility index (Phi) is 4.78. The molecule has 0 atom stereocenters. The minimum atomic E-state index is -1.17. The molecular formula is C11H10ClNO4-2. The summed E-state index contributed by atoms with van der Waals surface area (Å²) in [7, 11) is 0. The molecule has 1 rings (SSSR count). The zero-order chi connectivity index (χ0) is 12.8. The largest absolute Gasteiger partial charge is 0.872 e. The molecule has 0 aliphatic rings. The molecule has 0 unspecified atom stereocenters. The summed E-state index contributed by atoms with van der Waals surface area (Å²) in [6, 6.07) is 3.88. The first-order chi connectivity index (χ1) is 8.00. The maximum atomic E-state index is 11.5. The van der Waals surface area contributed by atoms with Gasteiger partial charge < -0.3 is 20.3 Å². The molecule has 0 saturated carbocycles. The predicted octanol–water partition coefficient (Wildman–Crippen LogP) is -0.327. The number of hydrogen-bond acceptors (Lipinski definition) is 4. The van der Waals surface area contributed by atoms with Crippen LogP contribution >= 0.6 is 11.6 Å². The van der Waals surface area contributed by atoms with Crippen molar-refractivity contribution >= 4 is 23.5 Å². The Morgan fingerprint density at radius 1 is 1.35 bits per heavy atom. The van der Waals surface area contributed by atoms with E-state index < -0.39 is 17.6 Å². The fourth-order valence-corrected chi connectivity index (χ4v) is 1.38. The molecule has 1 aromatic carbocycles. The Morgan fingerprint density at radius 3 is 2.71 bits per heavy atom. The van der Waals surface area contributed by atoms with Gasteiger partial charge >= 0.3 is 0 Å². The van der Waals surface area contributed by atoms with Crippen LogP contribution in [0.3, 0.4) is 0 Å². The van der Waals surface area contributed by atoms with Crippen LogP contribution in [-0.2, 0) is 4.79 Å². The number of carboxylic acid groups (broad SMARTS) is 1. The topological polar surface area (TPSA) is 92.3 Å². The number of aliphatic carboxylic acids is 1. The fraction of sp³-hybridized carbons (Fsp3) is 0.273. The molecule has 0 aliphatic heterocycles. The van der Waals surface area contributed by atoms with Crippen LogP contribution in [0.2, 0.25) is 5.02 Å². The lowest BCUT2D eigenvalue weighted by atomic mass is 10.2. The second-order valence-corrected chi connectivity index (χ2v) is 3.81. The van der Waals surface area contributed by atoms with Crippen LogP contribution in [0.5, 0.6) is 5.75 Å². The SMILES string of the molecule is O=C([O-])CCCNC(=O)c1cc(Cl)ccc1[O-]. The average Bonchev–Trinajstić information content (AvgIpc) is 2.27. The Bertz CT molecular complexity index is 433. The molecule has 0 fully saturated rings. The highest BCUT2D eigenvalue weighted by molar-refractivity contribution is 6.31. The van der Waals surface area contributed by atoms with Crippen LogP contribution < -0.4 is 15.5 Å². The third-order valence-corrected chi connectivity index (χ3v) is 2.26. The Labute approximate surface area is 103 Å². The van der Waals surface area contributed by atoms with Gasteiger partial charge in [-0.2, -0.15) is 0 Å². The quantitative estimate of drug-likeness (QED) is 0.730. The normalized spacial score (nSPS) is 9.94. The number of carbonyl (C=O) groups excluding carboxylic acids is 2. The lowest BCUT2D eigenvalue weighted by molar-refractivity contribution is -0.305. The van der Waals surface area contributed by atoms with Crippen LogP contribution in [-0.4, -0.2) is 18.4 Å². The maximum Gasteiger partial charge on any atom is 0.250 e. The van der Waals surface area contributed by atoms with Crippen LogP contribution in [0.25, 0.3) is 0 Å². The lowest BCUT2D eigenvalue weighted by Gasteiger charge is -2.13. The number of rotatable bonds is 5. The predicted molar refractivity (Wildman–Crippen MR) is 57.5 cm³/mol. The summed E-state index contributed by atoms with van der Waals surface area (Å²) in [6.45, 7) is 0.165. The van der Waals surface area contributed by atoms with Gasteiger partial charge in [0, 0.05) is 23.1 Å². The zero-order valence-corrected chi connectivity index (χ0v) is 9.62. The van der Waals surface area contributed by atoms with Crippen molar-refractivity contribution in [3.63, 3.8) is 0 Å². The molecule has 1 aromatic rings. The Morgan fingerprint density at radius 2 is 2.06 bits per heavy atom. The zero-order valence-electron chi connectivity index (χ0n) is 8.86. The van der Waals surface area contributed by atoms with Gasteiger partial charge in [0.05, 0.1) is 0 Å². The molecule has 0 saturated heterocycles. The molecule has 17 heavy (non-hydrogen) atoms. The fourth-order valence-electron chi connectivity index (χ4n) is 1.21. The standard InChI is InChI=1S/C11H12ClNO4/c12-7-3-4-9(14)8(6-7)11(17)13-5-1-2-10(15)16/h3-4,6,14H,1-2,5H2,(H,13,17)(H,15,16)/p-2. The number of benzene rings is 1. The second-order valence-electron chi connectivity index (χ2n) is 3.37. The molecule has 0 heterocycles. The summed E-state index contributed by atoms with van der Waals surface area (Å²) in [5.41, 5.74) is -0.0500. The summed E-state index contributed by atoms with van der Waals surface area (Å²) >= 11 is 5.66. The summed E-state index contributed by atoms with van der Waals surface area (Å²) in [5.74, 6) is -2.16. The second kappa shape index (κ2) is 6.10. The molecule has 92 valence electrons. The van der Waals surface area contributed by atoms with Gasteiger partial charge in [0.1, 0.15) is 0 Å². The highest BCUT2D eigenvalue weighted by Gasteiger charge is 2.06. The molecule has 0 radical (unpaired) electrons. The van der Waals surface area contributed by atoms with Gasteiger partial charge in [-0.15, -0.1) is 0 Å². The van der Waals surface area contributed by atoms with Crippen LogP contribution in [0.4, 0.5) is 0 Å². The highest BCUT2D eigenvalue weighted by Crippen LogP contribution is 2.18. The van der Waals surface area contributed by atoms with Gasteiger partial charge in [0.25, 0.3) is 5.91 Å². The van der Waals surface area contributed by atoms with Crippen LogP contribution in [0.15, 0.2) is 18.2 Å². The molecule has 0 aromatic heterocycles. The first-order valence-corrected chi connectivity index (χ1v) is 5.33. The third-order valence-electron chi connectivity index (χ3n) is 2.03. The van der Waals surface area contributed by atoms with Crippen molar-refractivity contribution in [1.29, 1.82) is 0 Å². The lowest BCUT2D eigenvalue weighted by Crippen LogP contribution is -2.28. The van der Waals surface area contributed by atoms with E-state index in [4.69, 9.17) is 11.6 Å². The smallest absolute Gasteiger partial charge is 0.250 e. The van der Waals surface area contributed by atoms with E-state index in [0.29, 0.717) is 5.02 Å². The van der Waals surface area contributed by atoms with Crippen molar-refractivity contribution in [2.45, 2.75) is 12.8 Å². The van der Waals surface area contributed by atoms with Gasteiger partial charge in [0.15, 0.2) is 0 Å². The summed E-state index contributed by atoms with van der Waals surface area (Å²) in [6.07, 6.45) is 0.114. The molecule has 6 heteroatoms. The number of nitrogens with one attached hydrogen (secondary N) is 1. The number of halogens is 1. The van der Waals surface area contributed by atoms with E-state index in [9.17, 15) is 19.8 Å². The molecule has 0 aliphatic carbocycles. The summed E-state index contributed by atoms with van der Waals surface area (Å²) in [4.78, 5) is 21.7. The van der Waals surface area contributed by atoms with Crippen LogP contribution in [0, 0.1) is 0 Å². The number of carboxylic acids is 1. The van der Waals surface area contributed by atoms with Gasteiger partial charge in [0.2, 0.25) is 0 Å². The first-order valence-electron chi connectivity index (χ1n) is 4.95. The van der Waals surface area contributed by atoms with Gasteiger partial charge in [-0.3, -0.25) is 4.79 Å². The minimum absolute atomic E-state index is 0.0500. The average molecular weight is 256 g/mol. The van der Waals surface area contributed by atoms with E-state index in [2.05, 4.69) is 5.32 Å². The monoisotopic (exact) mass is 255 g/mol. The van der Waals surface area contributed by atoms with Crippen molar-refractivity contribution in [2.24, 2.45) is 0 Å². The van der Waals surface area contributed by atoms with Gasteiger partial charge in [-0.25, -0.2) is 0 Å². The summed E-state index contributed by atoms with van der Waals surface area (Å²) in [5, 5.41) is 24.2. The van der Waals surface area contributed by atoms with Crippen molar-refractivity contribution in [1.82, 2.24) is 5.32 Å². The van der Waals surface area contributed by atoms with Gasteiger partial charge in [-0.1, -0.05) is 23.4 Å². The third kappa shape index (κ3) is 4.32. The van der Waals surface area contributed by atoms with Crippen LogP contribution in [0.1, 0.15) is 23.2 Å². The van der Waals surface area contributed by atoms with Crippen molar-refractivity contribution in [2.75, 3.05) is 6.54 Å². The molecule has 0 bridgehead atoms. The number of amides is 1. The van der Waals surface area contributed by atoms with E-state index in [1.807, 2.05) is 0 Å². The molecule has 0 spiro atoms. The maximum absolute atomic E-state index is 11.5. The highest BCUT2D eigenvalue weighted by atomic mass is 35.5. The number of carbonyl (C=O) groups is 2. The van der Waals surface area contributed by atoms with E-state index in [-0.39, 0.29) is 24.9 Å². The Balaban J connectivity index is 2.52. The van der Waals surface area contributed by atoms with Gasteiger partial charge in [-0.05, 0) is 25.0 Å². The number of hydrogen-bond donors (Lipinski definition) is 1. The molecule has 1 amide bonds. The van der Waals surface area contributed by atoms with Crippen molar-refractivity contribution < 1.29 is 19.8 Å². The van der Waals surface area contributed by atoms with Crippen molar-refractivity contribution in [3.8, 4) is 5.75 Å². The van der Waals surface area contributed by atoms with E-state index in [0.717, 1.165) is 0 Å². The van der Waals surface area contributed by atoms with E-state index in [1.165, 1.54) is 18.2 Å². The van der Waals surface area contributed by atoms with E-state index >= 15 is 0 Å². The minimum Gasteiger partial charge on any atom is -0.872 e. The molecular weight excluding hydrogens is 246 g/mol. The molecule has 1 N–H and O–H groups in total. The van der Waals surface area contributed by atoms with E-state index in [1.54, 1.807) is 0 Å². The summed E-state index contributed by atoms with van der Waals surface area (Å²) < 4.78 is 0.